The fourth-order valence-corrected chi connectivity index (χ4v) is 1.95. The Morgan fingerprint density at radius 2 is 2.19 bits per heavy atom. The first kappa shape index (κ1) is 13.1. The lowest BCUT2D eigenvalue weighted by molar-refractivity contribution is -0.148. The quantitative estimate of drug-likeness (QED) is 0.932. The van der Waals surface area contributed by atoms with Crippen LogP contribution in [0.2, 0.25) is 0 Å². The summed E-state index contributed by atoms with van der Waals surface area (Å²) in [6, 6.07) is 12.6. The normalized spacial score (nSPS) is 17.0. The lowest BCUT2D eigenvalue weighted by Crippen LogP contribution is -2.19. The molecule has 0 aliphatic carbocycles. The van der Waals surface area contributed by atoms with Gasteiger partial charge in [-0.1, -0.05) is 23.4 Å². The van der Waals surface area contributed by atoms with Crippen LogP contribution in [0.25, 0.3) is 0 Å². The Kier molecular flexibility index (Phi) is 3.51. The second kappa shape index (κ2) is 5.62. The van der Waals surface area contributed by atoms with Crippen molar-refractivity contribution in [3.05, 3.63) is 54.2 Å². The Hall–Kier alpha value is -2.89. The molecule has 1 aliphatic heterocycles. The van der Waals surface area contributed by atoms with Crippen LogP contribution < -0.4 is 4.74 Å². The molecule has 0 amide bonds. The molecule has 3 rings (SSSR count). The number of benzene rings is 1. The number of nitrogens with zero attached hydrogens (tertiary/aromatic N) is 2. The summed E-state index contributed by atoms with van der Waals surface area (Å²) in [6.45, 7) is 0. The van der Waals surface area contributed by atoms with E-state index in [1.54, 1.807) is 30.5 Å². The van der Waals surface area contributed by atoms with Gasteiger partial charge in [-0.3, -0.25) is 0 Å². The van der Waals surface area contributed by atoms with Gasteiger partial charge >= 0.3 is 5.97 Å². The van der Waals surface area contributed by atoms with Crippen LogP contribution in [-0.4, -0.2) is 27.9 Å². The van der Waals surface area contributed by atoms with Crippen LogP contribution in [0.3, 0.4) is 0 Å². The molecule has 1 N–H and O–H groups in total. The van der Waals surface area contributed by atoms with E-state index in [1.807, 2.05) is 18.2 Å². The second-order valence-electron chi connectivity index (χ2n) is 4.47. The van der Waals surface area contributed by atoms with Gasteiger partial charge in [0.2, 0.25) is 12.0 Å². The highest BCUT2D eigenvalue weighted by atomic mass is 16.7. The SMILES string of the molecule is O=C(O)C1CC(c2cccc(Oc3ccccn3)c2)=NO1. The summed E-state index contributed by atoms with van der Waals surface area (Å²) in [7, 11) is 0. The van der Waals surface area contributed by atoms with E-state index >= 15 is 0 Å². The van der Waals surface area contributed by atoms with Gasteiger partial charge in [0.05, 0.1) is 5.71 Å². The first-order valence-electron chi connectivity index (χ1n) is 6.37. The first-order chi connectivity index (χ1) is 10.2. The summed E-state index contributed by atoms with van der Waals surface area (Å²) < 4.78 is 5.63. The number of hydrogen-bond donors (Lipinski definition) is 1. The van der Waals surface area contributed by atoms with Crippen molar-refractivity contribution in [2.45, 2.75) is 12.5 Å². The summed E-state index contributed by atoms with van der Waals surface area (Å²) in [5.41, 5.74) is 1.36. The molecule has 106 valence electrons. The minimum absolute atomic E-state index is 0.238. The van der Waals surface area contributed by atoms with E-state index in [-0.39, 0.29) is 6.42 Å². The summed E-state index contributed by atoms with van der Waals surface area (Å²) >= 11 is 0. The third-order valence-corrected chi connectivity index (χ3v) is 2.97. The van der Waals surface area contributed by atoms with E-state index in [1.165, 1.54) is 0 Å². The molecule has 1 unspecified atom stereocenters. The van der Waals surface area contributed by atoms with E-state index in [0.29, 0.717) is 17.3 Å². The molecule has 1 aromatic heterocycles. The number of carboxylic acids is 1. The zero-order valence-electron chi connectivity index (χ0n) is 11.0. The molecule has 1 aliphatic rings. The van der Waals surface area contributed by atoms with E-state index in [4.69, 9.17) is 14.7 Å². The van der Waals surface area contributed by atoms with Gasteiger partial charge in [0, 0.05) is 24.2 Å². The molecular formula is C15H12N2O4. The monoisotopic (exact) mass is 284 g/mol. The number of rotatable bonds is 4. The Morgan fingerprint density at radius 1 is 1.29 bits per heavy atom. The average molecular weight is 284 g/mol. The van der Waals surface area contributed by atoms with Gasteiger partial charge in [-0.15, -0.1) is 0 Å². The van der Waals surface area contributed by atoms with Crippen molar-refractivity contribution >= 4 is 11.7 Å². The summed E-state index contributed by atoms with van der Waals surface area (Å²) in [5, 5.41) is 12.7. The summed E-state index contributed by atoms with van der Waals surface area (Å²) in [5.74, 6) is 0.0741. The third kappa shape index (κ3) is 3.00. The van der Waals surface area contributed by atoms with Crippen molar-refractivity contribution in [2.24, 2.45) is 5.16 Å². The number of carboxylic acid groups (broad SMARTS) is 1. The molecule has 2 heterocycles. The molecule has 1 atom stereocenters. The van der Waals surface area contributed by atoms with E-state index in [0.717, 1.165) is 5.56 Å². The van der Waals surface area contributed by atoms with Crippen LogP contribution >= 0.6 is 0 Å². The molecule has 6 heteroatoms. The van der Waals surface area contributed by atoms with Gasteiger partial charge < -0.3 is 14.7 Å². The van der Waals surface area contributed by atoms with Crippen LogP contribution in [0.1, 0.15) is 12.0 Å². The molecule has 0 radical (unpaired) electrons. The molecule has 6 nitrogen and oxygen atoms in total. The lowest BCUT2D eigenvalue weighted by Gasteiger charge is -2.06. The smallest absolute Gasteiger partial charge is 0.348 e. The predicted molar refractivity (Wildman–Crippen MR) is 74.4 cm³/mol. The Bertz CT molecular complexity index is 685. The van der Waals surface area contributed by atoms with Gasteiger partial charge in [0.1, 0.15) is 5.75 Å². The van der Waals surface area contributed by atoms with Crippen molar-refractivity contribution in [1.82, 2.24) is 4.98 Å². The number of oxime groups is 1. The van der Waals surface area contributed by atoms with Crippen LogP contribution in [0.5, 0.6) is 11.6 Å². The largest absolute Gasteiger partial charge is 0.478 e. The molecule has 2 aromatic rings. The number of ether oxygens (including phenoxy) is 1. The highest BCUT2D eigenvalue weighted by molar-refractivity contribution is 6.03. The van der Waals surface area contributed by atoms with Gasteiger partial charge in [0.25, 0.3) is 0 Å². The maximum absolute atomic E-state index is 10.9. The highest BCUT2D eigenvalue weighted by Crippen LogP contribution is 2.23. The maximum atomic E-state index is 10.9. The van der Waals surface area contributed by atoms with Crippen molar-refractivity contribution < 1.29 is 19.5 Å². The number of aromatic nitrogens is 1. The fraction of sp³-hybridized carbons (Fsp3) is 0.133. The van der Waals surface area contributed by atoms with Crippen molar-refractivity contribution in [3.8, 4) is 11.6 Å². The predicted octanol–water partition coefficient (Wildman–Crippen LogP) is 2.45. The van der Waals surface area contributed by atoms with Gasteiger partial charge in [-0.25, -0.2) is 9.78 Å². The number of aliphatic carboxylic acids is 1. The summed E-state index contributed by atoms with van der Waals surface area (Å²) in [6.07, 6.45) is 0.967. The van der Waals surface area contributed by atoms with Crippen LogP contribution in [-0.2, 0) is 9.63 Å². The molecule has 0 saturated carbocycles. The van der Waals surface area contributed by atoms with Crippen LogP contribution in [0.4, 0.5) is 0 Å². The third-order valence-electron chi connectivity index (χ3n) is 2.97. The molecule has 0 fully saturated rings. The molecule has 21 heavy (non-hydrogen) atoms. The highest BCUT2D eigenvalue weighted by Gasteiger charge is 2.28. The molecular weight excluding hydrogens is 272 g/mol. The first-order valence-corrected chi connectivity index (χ1v) is 6.37. The van der Waals surface area contributed by atoms with Crippen LogP contribution in [0, 0.1) is 0 Å². The molecule has 1 aromatic carbocycles. The number of pyridine rings is 1. The van der Waals surface area contributed by atoms with E-state index in [9.17, 15) is 4.79 Å². The van der Waals surface area contributed by atoms with Crippen molar-refractivity contribution in [2.75, 3.05) is 0 Å². The Balaban J connectivity index is 1.77. The average Bonchev–Trinajstić information content (AvgIpc) is 2.99. The Labute approximate surface area is 120 Å². The van der Waals surface area contributed by atoms with Gasteiger partial charge in [-0.05, 0) is 18.2 Å². The lowest BCUT2D eigenvalue weighted by atomic mass is 10.0. The van der Waals surface area contributed by atoms with Crippen molar-refractivity contribution in [1.29, 1.82) is 0 Å². The molecule has 0 saturated heterocycles. The fourth-order valence-electron chi connectivity index (χ4n) is 1.95. The second-order valence-corrected chi connectivity index (χ2v) is 4.47. The van der Waals surface area contributed by atoms with E-state index in [2.05, 4.69) is 10.1 Å². The topological polar surface area (TPSA) is 81.0 Å². The summed E-state index contributed by atoms with van der Waals surface area (Å²) in [4.78, 5) is 19.8. The molecule has 0 bridgehead atoms. The van der Waals surface area contributed by atoms with Gasteiger partial charge in [0.15, 0.2) is 0 Å². The number of carbonyl (C=O) groups is 1. The van der Waals surface area contributed by atoms with Crippen LogP contribution in [0.15, 0.2) is 53.8 Å². The number of hydrogen-bond acceptors (Lipinski definition) is 5. The van der Waals surface area contributed by atoms with Gasteiger partial charge in [-0.2, -0.15) is 0 Å². The zero-order valence-corrected chi connectivity index (χ0v) is 11.0. The minimum atomic E-state index is -1.02. The standard InChI is InChI=1S/C15H12N2O4/c18-15(19)13-9-12(17-21-13)10-4-3-5-11(8-10)20-14-6-1-2-7-16-14/h1-8,13H,9H2,(H,18,19). The minimum Gasteiger partial charge on any atom is -0.478 e. The van der Waals surface area contributed by atoms with Crippen molar-refractivity contribution in [3.63, 3.8) is 0 Å². The van der Waals surface area contributed by atoms with E-state index < -0.39 is 12.1 Å². The zero-order chi connectivity index (χ0) is 14.7. The maximum Gasteiger partial charge on any atom is 0.348 e. The Morgan fingerprint density at radius 3 is 2.90 bits per heavy atom. The molecule has 0 spiro atoms.